The zero-order valence-corrected chi connectivity index (χ0v) is 18.3. The van der Waals surface area contributed by atoms with E-state index in [1.54, 1.807) is 0 Å². The zero-order chi connectivity index (χ0) is 20.7. The van der Waals surface area contributed by atoms with Crippen LogP contribution in [0, 0.1) is 0 Å². The SMILES string of the molecule is CC(C)(C)OC(=O)N1CCC(N2CCN(CCCOCc3ccccc3)C2)CC1. The second-order valence-corrected chi connectivity index (χ2v) is 9.16. The summed E-state index contributed by atoms with van der Waals surface area (Å²) in [6, 6.07) is 10.9. The number of carbonyl (C=O) groups excluding carboxylic acids is 1. The predicted molar refractivity (Wildman–Crippen MR) is 115 cm³/mol. The lowest BCUT2D eigenvalue weighted by molar-refractivity contribution is 0.0147. The van der Waals surface area contributed by atoms with E-state index < -0.39 is 5.60 Å². The molecule has 0 radical (unpaired) electrons. The van der Waals surface area contributed by atoms with E-state index in [2.05, 4.69) is 34.1 Å². The molecule has 0 spiro atoms. The maximum atomic E-state index is 12.2. The summed E-state index contributed by atoms with van der Waals surface area (Å²) >= 11 is 0. The molecule has 2 fully saturated rings. The van der Waals surface area contributed by atoms with Gasteiger partial charge in [0.15, 0.2) is 0 Å². The Kier molecular flexibility index (Phi) is 7.92. The lowest BCUT2D eigenvalue weighted by Crippen LogP contribution is -2.47. The van der Waals surface area contributed by atoms with Gasteiger partial charge < -0.3 is 14.4 Å². The number of nitrogens with zero attached hydrogens (tertiary/aromatic N) is 3. The number of amides is 1. The first-order valence-corrected chi connectivity index (χ1v) is 11.0. The normalized spacial score (nSPS) is 19.6. The number of rotatable bonds is 7. The molecule has 0 atom stereocenters. The van der Waals surface area contributed by atoms with Crippen molar-refractivity contribution in [3.63, 3.8) is 0 Å². The largest absolute Gasteiger partial charge is 0.444 e. The Hall–Kier alpha value is -1.63. The van der Waals surface area contributed by atoms with Gasteiger partial charge in [-0.3, -0.25) is 9.80 Å². The van der Waals surface area contributed by atoms with Crippen LogP contribution in [-0.2, 0) is 16.1 Å². The van der Waals surface area contributed by atoms with Gasteiger partial charge in [0.05, 0.1) is 13.3 Å². The Balaban J connectivity index is 1.29. The first kappa shape index (κ1) is 22.1. The van der Waals surface area contributed by atoms with Crippen LogP contribution in [0.3, 0.4) is 0 Å². The van der Waals surface area contributed by atoms with Gasteiger partial charge >= 0.3 is 6.09 Å². The van der Waals surface area contributed by atoms with Crippen molar-refractivity contribution in [2.24, 2.45) is 0 Å². The summed E-state index contributed by atoms with van der Waals surface area (Å²) in [6.45, 7) is 13.2. The molecule has 1 aromatic rings. The fraction of sp³-hybridized carbons (Fsp3) is 0.696. The Morgan fingerprint density at radius 2 is 1.79 bits per heavy atom. The number of hydrogen-bond acceptors (Lipinski definition) is 5. The molecule has 2 heterocycles. The third-order valence-corrected chi connectivity index (χ3v) is 5.59. The number of ether oxygens (including phenoxy) is 2. The summed E-state index contributed by atoms with van der Waals surface area (Å²) in [4.78, 5) is 19.2. The second-order valence-electron chi connectivity index (χ2n) is 9.16. The van der Waals surface area contributed by atoms with E-state index in [4.69, 9.17) is 9.47 Å². The number of likely N-dealkylation sites (tertiary alicyclic amines) is 1. The molecule has 2 saturated heterocycles. The topological polar surface area (TPSA) is 45.2 Å². The minimum absolute atomic E-state index is 0.172. The highest BCUT2D eigenvalue weighted by atomic mass is 16.6. The number of piperidine rings is 1. The lowest BCUT2D eigenvalue weighted by atomic mass is 10.0. The molecule has 162 valence electrons. The number of carbonyl (C=O) groups is 1. The van der Waals surface area contributed by atoms with Crippen LogP contribution in [0.4, 0.5) is 4.79 Å². The van der Waals surface area contributed by atoms with Crippen molar-refractivity contribution in [2.45, 2.75) is 58.3 Å². The fourth-order valence-corrected chi connectivity index (χ4v) is 4.04. The fourth-order valence-electron chi connectivity index (χ4n) is 4.04. The smallest absolute Gasteiger partial charge is 0.410 e. The first-order valence-electron chi connectivity index (χ1n) is 11.0. The highest BCUT2D eigenvalue weighted by Gasteiger charge is 2.32. The van der Waals surface area contributed by atoms with Crippen LogP contribution in [0.5, 0.6) is 0 Å². The van der Waals surface area contributed by atoms with E-state index in [1.165, 1.54) is 5.56 Å². The average molecular weight is 404 g/mol. The van der Waals surface area contributed by atoms with Gasteiger partial charge in [0.2, 0.25) is 0 Å². The molecule has 1 aromatic carbocycles. The van der Waals surface area contributed by atoms with Crippen LogP contribution in [0.15, 0.2) is 30.3 Å². The van der Waals surface area contributed by atoms with Crippen LogP contribution < -0.4 is 0 Å². The van der Waals surface area contributed by atoms with Gasteiger partial charge in [-0.2, -0.15) is 0 Å². The molecule has 2 aliphatic rings. The Morgan fingerprint density at radius 1 is 1.07 bits per heavy atom. The Bertz CT molecular complexity index is 624. The molecule has 29 heavy (non-hydrogen) atoms. The van der Waals surface area contributed by atoms with E-state index in [1.807, 2.05) is 31.7 Å². The quantitative estimate of drug-likeness (QED) is 0.652. The van der Waals surface area contributed by atoms with Gasteiger partial charge in [0.25, 0.3) is 0 Å². The molecule has 0 aromatic heterocycles. The van der Waals surface area contributed by atoms with Crippen molar-refractivity contribution in [1.82, 2.24) is 14.7 Å². The summed E-state index contributed by atoms with van der Waals surface area (Å²) in [7, 11) is 0. The molecule has 0 unspecified atom stereocenters. The van der Waals surface area contributed by atoms with Crippen LogP contribution in [0.25, 0.3) is 0 Å². The van der Waals surface area contributed by atoms with E-state index in [0.717, 1.165) is 65.3 Å². The number of benzene rings is 1. The molecule has 3 rings (SSSR count). The van der Waals surface area contributed by atoms with Crippen molar-refractivity contribution in [1.29, 1.82) is 0 Å². The third kappa shape index (κ3) is 7.28. The van der Waals surface area contributed by atoms with Crippen molar-refractivity contribution < 1.29 is 14.3 Å². The second kappa shape index (κ2) is 10.4. The summed E-state index contributed by atoms with van der Waals surface area (Å²) in [5.74, 6) is 0. The molecular weight excluding hydrogens is 366 g/mol. The minimum atomic E-state index is -0.422. The molecule has 0 bridgehead atoms. The van der Waals surface area contributed by atoms with E-state index in [9.17, 15) is 4.79 Å². The van der Waals surface area contributed by atoms with Gasteiger partial charge in [-0.1, -0.05) is 30.3 Å². The Labute approximate surface area is 175 Å². The molecule has 1 amide bonds. The summed E-state index contributed by atoms with van der Waals surface area (Å²) in [5, 5.41) is 0. The van der Waals surface area contributed by atoms with Crippen LogP contribution in [-0.4, -0.2) is 78.4 Å². The molecule has 0 aliphatic carbocycles. The van der Waals surface area contributed by atoms with Gasteiger partial charge in [-0.05, 0) is 45.6 Å². The molecular formula is C23H37N3O3. The minimum Gasteiger partial charge on any atom is -0.444 e. The standard InChI is InChI=1S/C23H37N3O3/c1-23(2,3)29-22(27)25-13-10-21(11-14-25)26-16-15-24(19-26)12-7-17-28-18-20-8-5-4-6-9-20/h4-6,8-9,21H,7,10-19H2,1-3H3. The van der Waals surface area contributed by atoms with Crippen molar-refractivity contribution in [3.05, 3.63) is 35.9 Å². The predicted octanol–water partition coefficient (Wildman–Crippen LogP) is 3.57. The highest BCUT2D eigenvalue weighted by molar-refractivity contribution is 5.68. The summed E-state index contributed by atoms with van der Waals surface area (Å²) in [6.07, 6.45) is 2.97. The third-order valence-electron chi connectivity index (χ3n) is 5.59. The summed E-state index contributed by atoms with van der Waals surface area (Å²) in [5.41, 5.74) is 0.811. The molecule has 6 nitrogen and oxygen atoms in total. The monoisotopic (exact) mass is 403 g/mol. The number of hydrogen-bond donors (Lipinski definition) is 0. The van der Waals surface area contributed by atoms with Crippen LogP contribution >= 0.6 is 0 Å². The van der Waals surface area contributed by atoms with Crippen molar-refractivity contribution in [3.8, 4) is 0 Å². The molecule has 6 heteroatoms. The van der Waals surface area contributed by atoms with Gasteiger partial charge in [0, 0.05) is 45.4 Å². The van der Waals surface area contributed by atoms with E-state index in [-0.39, 0.29) is 6.09 Å². The van der Waals surface area contributed by atoms with Crippen molar-refractivity contribution >= 4 is 6.09 Å². The van der Waals surface area contributed by atoms with Crippen LogP contribution in [0.1, 0.15) is 45.6 Å². The lowest BCUT2D eigenvalue weighted by Gasteiger charge is -2.37. The zero-order valence-electron chi connectivity index (χ0n) is 18.3. The maximum absolute atomic E-state index is 12.2. The van der Waals surface area contributed by atoms with Gasteiger partial charge in [-0.25, -0.2) is 4.79 Å². The average Bonchev–Trinajstić information content (AvgIpc) is 3.16. The van der Waals surface area contributed by atoms with Crippen LogP contribution in [0.2, 0.25) is 0 Å². The van der Waals surface area contributed by atoms with E-state index >= 15 is 0 Å². The van der Waals surface area contributed by atoms with Gasteiger partial charge in [0.1, 0.15) is 5.60 Å². The molecule has 0 saturated carbocycles. The van der Waals surface area contributed by atoms with E-state index in [0.29, 0.717) is 12.6 Å². The van der Waals surface area contributed by atoms with Crippen molar-refractivity contribution in [2.75, 3.05) is 46.0 Å². The highest BCUT2D eigenvalue weighted by Crippen LogP contribution is 2.21. The molecule has 2 aliphatic heterocycles. The summed E-state index contributed by atoms with van der Waals surface area (Å²) < 4.78 is 11.3. The maximum Gasteiger partial charge on any atom is 0.410 e. The Morgan fingerprint density at radius 3 is 2.48 bits per heavy atom. The van der Waals surface area contributed by atoms with Gasteiger partial charge in [-0.15, -0.1) is 0 Å². The molecule has 0 N–H and O–H groups in total. The first-order chi connectivity index (χ1) is 13.9.